The van der Waals surface area contributed by atoms with Gasteiger partial charge >= 0.3 is 13.5 Å². The fourth-order valence-corrected chi connectivity index (χ4v) is 5.39. The molecule has 40 heavy (non-hydrogen) atoms. The average Bonchev–Trinajstić information content (AvgIpc) is 3.53. The Balaban J connectivity index is 1.27. The van der Waals surface area contributed by atoms with Crippen LogP contribution in [-0.4, -0.2) is 109 Å². The van der Waals surface area contributed by atoms with E-state index in [-0.39, 0.29) is 22.9 Å². The highest BCUT2D eigenvalue weighted by Gasteiger charge is 2.50. The van der Waals surface area contributed by atoms with E-state index >= 15 is 0 Å². The molecule has 0 aromatic carbocycles. The minimum absolute atomic E-state index is 0.0364. The van der Waals surface area contributed by atoms with Gasteiger partial charge in [0.05, 0.1) is 19.5 Å². The van der Waals surface area contributed by atoms with E-state index in [0.29, 0.717) is 0 Å². The summed E-state index contributed by atoms with van der Waals surface area (Å²) < 4.78 is 35.7. The van der Waals surface area contributed by atoms with Crippen molar-refractivity contribution < 1.29 is 48.4 Å². The van der Waals surface area contributed by atoms with Gasteiger partial charge in [-0.3, -0.25) is 23.0 Å². The van der Waals surface area contributed by atoms with Gasteiger partial charge in [0, 0.05) is 0 Å². The number of fused-ring (bicyclic) bond motifs is 1. The smallest absolute Gasteiger partial charge is 0.394 e. The maximum atomic E-state index is 12.7. The number of aromatic nitrogens is 7. The molecule has 3 aromatic heterocycles. The lowest BCUT2D eigenvalue weighted by Gasteiger charge is -2.23. The second-order valence-corrected chi connectivity index (χ2v) is 10.4. The van der Waals surface area contributed by atoms with Gasteiger partial charge in [0.2, 0.25) is 5.95 Å². The quantitative estimate of drug-likeness (QED) is 0.123. The van der Waals surface area contributed by atoms with Crippen molar-refractivity contribution in [1.82, 2.24) is 34.1 Å². The highest BCUT2D eigenvalue weighted by Crippen LogP contribution is 2.49. The standard InChI is InChI=1S/C19H25N8O12P/c1-6-23-14-9(15(32)24-6)21-4-26(14)16-11(30)10(29)8(38-16)3-36-40(34,35)39-13-7(2-28)37-17(12(13)31)27-5-22-18(20)25-19(27)33/h4-5,7-8,10-13,16-17,28-31H,2-3H2,1H3,(H,34,35)(H2,20,25,33)(H,23,24,32)/t7-,8-,10+,11?,12?,13+,16-,17-/m1/s1. The Morgan fingerprint density at radius 1 is 1.05 bits per heavy atom. The molecule has 2 saturated heterocycles. The third kappa shape index (κ3) is 5.17. The van der Waals surface area contributed by atoms with Crippen LogP contribution in [0.2, 0.25) is 0 Å². The molecule has 0 saturated carbocycles. The molecule has 0 radical (unpaired) electrons. The monoisotopic (exact) mass is 588 g/mol. The third-order valence-corrected chi connectivity index (χ3v) is 7.31. The summed E-state index contributed by atoms with van der Waals surface area (Å²) in [6, 6.07) is 0. The number of H-pyrrole nitrogens is 1. The molecule has 8 N–H and O–H groups in total. The van der Waals surface area contributed by atoms with Gasteiger partial charge in [0.1, 0.15) is 48.8 Å². The van der Waals surface area contributed by atoms with E-state index in [1.165, 1.54) is 17.8 Å². The number of nitrogen functional groups attached to an aromatic ring is 1. The van der Waals surface area contributed by atoms with E-state index in [1.54, 1.807) is 0 Å². The van der Waals surface area contributed by atoms with Crippen LogP contribution >= 0.6 is 7.82 Å². The largest absolute Gasteiger partial charge is 0.472 e. The first-order valence-corrected chi connectivity index (χ1v) is 13.2. The Bertz CT molecular complexity index is 1560. The minimum Gasteiger partial charge on any atom is -0.394 e. The molecule has 0 amide bonds. The molecule has 2 fully saturated rings. The summed E-state index contributed by atoms with van der Waals surface area (Å²) in [5.41, 5.74) is 3.91. The lowest BCUT2D eigenvalue weighted by Crippen LogP contribution is -2.38. The number of hydrogen-bond donors (Lipinski definition) is 7. The first-order valence-electron chi connectivity index (χ1n) is 11.7. The number of phosphoric acid groups is 1. The number of aliphatic hydroxyl groups excluding tert-OH is 4. The van der Waals surface area contributed by atoms with Gasteiger partial charge in [-0.05, 0) is 6.92 Å². The first-order chi connectivity index (χ1) is 18.9. The average molecular weight is 588 g/mol. The fraction of sp³-hybridized carbons (Fsp3) is 0.579. The molecule has 0 bridgehead atoms. The number of nitrogens with two attached hydrogens (primary N) is 1. The number of imidazole rings is 1. The Morgan fingerprint density at radius 3 is 2.42 bits per heavy atom. The van der Waals surface area contributed by atoms with Crippen LogP contribution < -0.4 is 17.0 Å². The number of nitrogens with zero attached hydrogens (tertiary/aromatic N) is 6. The summed E-state index contributed by atoms with van der Waals surface area (Å²) in [4.78, 5) is 52.2. The molecule has 5 heterocycles. The highest BCUT2D eigenvalue weighted by atomic mass is 31.2. The van der Waals surface area contributed by atoms with Crippen molar-refractivity contribution in [2.24, 2.45) is 0 Å². The molecule has 0 spiro atoms. The van der Waals surface area contributed by atoms with Crippen molar-refractivity contribution in [3.8, 4) is 0 Å². The topological polar surface area (TPSA) is 293 Å². The summed E-state index contributed by atoms with van der Waals surface area (Å²) in [7, 11) is -5.04. The van der Waals surface area contributed by atoms with Gasteiger partial charge in [-0.15, -0.1) is 0 Å². The second-order valence-electron chi connectivity index (χ2n) is 9.00. The van der Waals surface area contributed by atoms with Crippen molar-refractivity contribution in [3.05, 3.63) is 39.3 Å². The number of rotatable bonds is 8. The zero-order chi connectivity index (χ0) is 28.9. The summed E-state index contributed by atoms with van der Waals surface area (Å²) in [6.07, 6.45) is -10.0. The van der Waals surface area contributed by atoms with Crippen LogP contribution in [0.5, 0.6) is 0 Å². The lowest BCUT2D eigenvalue weighted by molar-refractivity contribution is -0.0596. The van der Waals surface area contributed by atoms with Crippen molar-refractivity contribution >= 4 is 24.9 Å². The molecule has 20 nitrogen and oxygen atoms in total. The summed E-state index contributed by atoms with van der Waals surface area (Å²) in [5, 5.41) is 41.3. The number of phosphoric ester groups is 1. The fourth-order valence-electron chi connectivity index (χ4n) is 4.43. The summed E-state index contributed by atoms with van der Waals surface area (Å²) in [5.74, 6) is -0.0701. The maximum Gasteiger partial charge on any atom is 0.472 e. The number of hydrogen-bond acceptors (Lipinski definition) is 16. The van der Waals surface area contributed by atoms with Crippen LogP contribution in [0.1, 0.15) is 18.3 Å². The lowest BCUT2D eigenvalue weighted by atomic mass is 10.1. The van der Waals surface area contributed by atoms with Crippen molar-refractivity contribution in [2.75, 3.05) is 18.9 Å². The zero-order valence-corrected chi connectivity index (χ0v) is 21.4. The summed E-state index contributed by atoms with van der Waals surface area (Å²) in [6.45, 7) is -0.0211. The molecule has 9 atom stereocenters. The van der Waals surface area contributed by atoms with E-state index in [0.717, 1.165) is 10.9 Å². The Hall–Kier alpha value is -3.17. The first kappa shape index (κ1) is 28.4. The molecule has 21 heteroatoms. The summed E-state index contributed by atoms with van der Waals surface area (Å²) >= 11 is 0. The van der Waals surface area contributed by atoms with Gasteiger partial charge < -0.3 is 45.5 Å². The van der Waals surface area contributed by atoms with Crippen LogP contribution in [0.15, 0.2) is 22.2 Å². The third-order valence-electron chi connectivity index (χ3n) is 6.33. The zero-order valence-electron chi connectivity index (χ0n) is 20.5. The molecular weight excluding hydrogens is 563 g/mol. The van der Waals surface area contributed by atoms with E-state index in [4.69, 9.17) is 24.3 Å². The number of anilines is 1. The van der Waals surface area contributed by atoms with E-state index in [9.17, 15) is 39.5 Å². The van der Waals surface area contributed by atoms with Crippen molar-refractivity contribution in [2.45, 2.75) is 56.0 Å². The van der Waals surface area contributed by atoms with Crippen molar-refractivity contribution in [1.29, 1.82) is 0 Å². The number of aromatic amines is 1. The number of aryl methyl sites for hydroxylation is 1. The normalized spacial score (nSPS) is 32.0. The van der Waals surface area contributed by atoms with Gasteiger partial charge in [-0.1, -0.05) is 0 Å². The molecule has 0 aliphatic carbocycles. The Labute approximate surface area is 222 Å². The minimum atomic E-state index is -5.04. The number of aliphatic hydroxyl groups is 4. The highest BCUT2D eigenvalue weighted by molar-refractivity contribution is 7.47. The van der Waals surface area contributed by atoms with E-state index < -0.39 is 81.4 Å². The molecular formula is C19H25N8O12P. The Morgan fingerprint density at radius 2 is 1.73 bits per heavy atom. The predicted molar refractivity (Wildman–Crippen MR) is 127 cm³/mol. The molecule has 2 aliphatic heterocycles. The van der Waals surface area contributed by atoms with Gasteiger partial charge in [-0.2, -0.15) is 4.98 Å². The van der Waals surface area contributed by atoms with Gasteiger partial charge in [0.25, 0.3) is 5.56 Å². The SMILES string of the molecule is Cc1nc2c(ncn2[C@@H]2O[C@H](COP(=O)(O)O[C@@H]3C(O)[C@H](n4cnc(N)nc4=O)O[C@@H]3CO)[C@H](O)C2O)c(=O)[nH]1. The van der Waals surface area contributed by atoms with E-state index in [1.807, 2.05) is 0 Å². The molecule has 2 aliphatic rings. The maximum absolute atomic E-state index is 12.7. The van der Waals surface area contributed by atoms with Gasteiger partial charge in [-0.25, -0.2) is 24.3 Å². The van der Waals surface area contributed by atoms with Crippen molar-refractivity contribution in [3.63, 3.8) is 0 Å². The van der Waals surface area contributed by atoms with Crippen LogP contribution in [0, 0.1) is 6.92 Å². The molecule has 218 valence electrons. The second kappa shape index (κ2) is 10.7. The molecule has 3 aromatic rings. The van der Waals surface area contributed by atoms with Crippen LogP contribution in [0.3, 0.4) is 0 Å². The van der Waals surface area contributed by atoms with E-state index in [2.05, 4.69) is 24.9 Å². The number of ether oxygens (including phenoxy) is 2. The van der Waals surface area contributed by atoms with Crippen LogP contribution in [0.4, 0.5) is 5.95 Å². The van der Waals surface area contributed by atoms with Crippen LogP contribution in [0.25, 0.3) is 11.2 Å². The van der Waals surface area contributed by atoms with Gasteiger partial charge in [0.15, 0.2) is 23.6 Å². The number of nitrogens with one attached hydrogen (secondary N) is 1. The molecule has 3 unspecified atom stereocenters. The Kier molecular flexibility index (Phi) is 7.56. The predicted octanol–water partition coefficient (Wildman–Crippen LogP) is -3.97. The molecule has 5 rings (SSSR count). The van der Waals surface area contributed by atoms with Crippen LogP contribution in [-0.2, 0) is 23.1 Å².